The largest absolute Gasteiger partial charge is 0.418 e. The lowest BCUT2D eigenvalue weighted by Gasteiger charge is -2.34. The van der Waals surface area contributed by atoms with Crippen LogP contribution in [0.3, 0.4) is 0 Å². The van der Waals surface area contributed by atoms with Crippen LogP contribution >= 0.6 is 0 Å². The number of hydrogen-bond acceptors (Lipinski definition) is 5. The van der Waals surface area contributed by atoms with Gasteiger partial charge in [-0.15, -0.1) is 0 Å². The monoisotopic (exact) mass is 444 g/mol. The van der Waals surface area contributed by atoms with Crippen molar-refractivity contribution in [3.05, 3.63) is 65.6 Å². The minimum absolute atomic E-state index is 0.173. The van der Waals surface area contributed by atoms with Crippen LogP contribution in [0.4, 0.5) is 24.5 Å². The molecule has 0 bridgehead atoms. The highest BCUT2D eigenvalue weighted by molar-refractivity contribution is 6.05. The Kier molecular flexibility index (Phi) is 5.88. The summed E-state index contributed by atoms with van der Waals surface area (Å²) in [6.45, 7) is 4.51. The minimum Gasteiger partial charge on any atom is -0.369 e. The van der Waals surface area contributed by atoms with Gasteiger partial charge in [-0.2, -0.15) is 18.3 Å². The summed E-state index contributed by atoms with van der Waals surface area (Å²) in [4.78, 5) is 21.0. The van der Waals surface area contributed by atoms with E-state index in [0.717, 1.165) is 19.2 Å². The van der Waals surface area contributed by atoms with Gasteiger partial charge in [0.05, 0.1) is 28.7 Å². The maximum atomic E-state index is 13.8. The highest BCUT2D eigenvalue weighted by Crippen LogP contribution is 2.37. The van der Waals surface area contributed by atoms with Crippen LogP contribution in [0.1, 0.15) is 21.6 Å². The zero-order valence-corrected chi connectivity index (χ0v) is 17.7. The first-order valence-electron chi connectivity index (χ1n) is 10.2. The van der Waals surface area contributed by atoms with Crippen molar-refractivity contribution in [2.24, 2.45) is 0 Å². The van der Waals surface area contributed by atoms with Crippen molar-refractivity contribution < 1.29 is 18.0 Å². The van der Waals surface area contributed by atoms with Crippen molar-refractivity contribution in [3.63, 3.8) is 0 Å². The number of aromatic nitrogens is 3. The predicted molar refractivity (Wildman–Crippen MR) is 115 cm³/mol. The SMILES string of the molecule is Cc1c(C(=O)Nc2ccc(N3CCN(C)CC3)cc2C(F)(F)F)cnn1-c1ccccn1. The number of rotatable bonds is 4. The lowest BCUT2D eigenvalue weighted by Crippen LogP contribution is -2.44. The molecule has 1 saturated heterocycles. The van der Waals surface area contributed by atoms with Crippen molar-refractivity contribution in [3.8, 4) is 5.82 Å². The standard InChI is InChI=1S/C22H23F3N6O/c1-15-17(14-27-31(15)20-5-3-4-8-26-20)21(32)28-19-7-6-16(13-18(19)22(23,24)25)30-11-9-29(2)10-12-30/h3-8,13-14H,9-12H2,1-2H3,(H,28,32). The molecule has 4 rings (SSSR count). The van der Waals surface area contributed by atoms with Crippen molar-refractivity contribution in [1.82, 2.24) is 19.7 Å². The maximum absolute atomic E-state index is 13.8. The fourth-order valence-corrected chi connectivity index (χ4v) is 3.67. The van der Waals surface area contributed by atoms with E-state index in [-0.39, 0.29) is 11.3 Å². The quantitative estimate of drug-likeness (QED) is 0.666. The van der Waals surface area contributed by atoms with E-state index in [9.17, 15) is 18.0 Å². The van der Waals surface area contributed by atoms with Crippen LogP contribution in [0, 0.1) is 6.92 Å². The highest BCUT2D eigenvalue weighted by Gasteiger charge is 2.35. The predicted octanol–water partition coefficient (Wildman–Crippen LogP) is 3.60. The third-order valence-electron chi connectivity index (χ3n) is 5.55. The molecule has 0 unspecified atom stereocenters. The summed E-state index contributed by atoms with van der Waals surface area (Å²) in [6, 6.07) is 9.28. The zero-order valence-electron chi connectivity index (χ0n) is 17.7. The number of nitrogens with zero attached hydrogens (tertiary/aromatic N) is 5. The third-order valence-corrected chi connectivity index (χ3v) is 5.55. The van der Waals surface area contributed by atoms with E-state index in [4.69, 9.17) is 0 Å². The van der Waals surface area contributed by atoms with Gasteiger partial charge in [-0.1, -0.05) is 6.07 Å². The highest BCUT2D eigenvalue weighted by atomic mass is 19.4. The van der Waals surface area contributed by atoms with Crippen molar-refractivity contribution in [2.75, 3.05) is 43.4 Å². The Morgan fingerprint density at radius 2 is 1.84 bits per heavy atom. The van der Waals surface area contributed by atoms with E-state index < -0.39 is 17.6 Å². The molecule has 3 aromatic rings. The van der Waals surface area contributed by atoms with Gasteiger partial charge in [-0.25, -0.2) is 9.67 Å². The third kappa shape index (κ3) is 4.45. The first-order valence-corrected chi connectivity index (χ1v) is 10.2. The molecule has 1 aliphatic rings. The molecule has 168 valence electrons. The Morgan fingerprint density at radius 1 is 1.09 bits per heavy atom. The summed E-state index contributed by atoms with van der Waals surface area (Å²) in [5.74, 6) is -0.154. The molecule has 2 aromatic heterocycles. The summed E-state index contributed by atoms with van der Waals surface area (Å²) in [7, 11) is 1.98. The van der Waals surface area contributed by atoms with E-state index in [0.29, 0.717) is 30.3 Å². The van der Waals surface area contributed by atoms with E-state index in [1.54, 1.807) is 37.4 Å². The van der Waals surface area contributed by atoms with Gasteiger partial charge in [0.15, 0.2) is 5.82 Å². The van der Waals surface area contributed by atoms with E-state index in [1.807, 2.05) is 11.9 Å². The average molecular weight is 444 g/mol. The van der Waals surface area contributed by atoms with Gasteiger partial charge in [0.2, 0.25) is 0 Å². The van der Waals surface area contributed by atoms with Gasteiger partial charge in [0.25, 0.3) is 5.91 Å². The average Bonchev–Trinajstić information content (AvgIpc) is 3.16. The van der Waals surface area contributed by atoms with Crippen LogP contribution in [-0.2, 0) is 6.18 Å². The fourth-order valence-electron chi connectivity index (χ4n) is 3.67. The van der Waals surface area contributed by atoms with Gasteiger partial charge in [-0.05, 0) is 44.3 Å². The topological polar surface area (TPSA) is 66.3 Å². The molecule has 1 amide bonds. The summed E-state index contributed by atoms with van der Waals surface area (Å²) in [6.07, 6.45) is -1.70. The number of piperazine rings is 1. The van der Waals surface area contributed by atoms with Crippen LogP contribution in [0.25, 0.3) is 5.82 Å². The second-order valence-electron chi connectivity index (χ2n) is 7.72. The van der Waals surface area contributed by atoms with Crippen molar-refractivity contribution >= 4 is 17.3 Å². The first kappa shape index (κ1) is 21.8. The first-order chi connectivity index (χ1) is 15.2. The fraction of sp³-hybridized carbons (Fsp3) is 0.318. The second kappa shape index (κ2) is 8.62. The number of carbonyl (C=O) groups is 1. The van der Waals surface area contributed by atoms with Crippen LogP contribution in [0.2, 0.25) is 0 Å². The lowest BCUT2D eigenvalue weighted by molar-refractivity contribution is -0.136. The smallest absolute Gasteiger partial charge is 0.369 e. The molecule has 7 nitrogen and oxygen atoms in total. The minimum atomic E-state index is -4.61. The van der Waals surface area contributed by atoms with E-state index in [1.165, 1.54) is 16.9 Å². The normalized spacial score (nSPS) is 15.1. The van der Waals surface area contributed by atoms with Crippen LogP contribution in [0.5, 0.6) is 0 Å². The number of pyridine rings is 1. The summed E-state index contributed by atoms with van der Waals surface area (Å²) in [5, 5.41) is 6.58. The van der Waals surface area contributed by atoms with Crippen LogP contribution in [-0.4, -0.2) is 58.8 Å². The molecule has 1 aromatic carbocycles. The number of likely N-dealkylation sites (N-methyl/N-ethyl adjacent to an activating group) is 1. The molecule has 32 heavy (non-hydrogen) atoms. The Morgan fingerprint density at radius 3 is 2.50 bits per heavy atom. The number of alkyl halides is 3. The van der Waals surface area contributed by atoms with Crippen molar-refractivity contribution in [2.45, 2.75) is 13.1 Å². The molecule has 0 spiro atoms. The number of anilines is 2. The number of benzene rings is 1. The molecular weight excluding hydrogens is 421 g/mol. The number of hydrogen-bond donors (Lipinski definition) is 1. The molecule has 1 N–H and O–H groups in total. The number of halogens is 3. The van der Waals surface area contributed by atoms with Gasteiger partial charge >= 0.3 is 6.18 Å². The van der Waals surface area contributed by atoms with Crippen LogP contribution < -0.4 is 10.2 Å². The molecule has 1 aliphatic heterocycles. The Hall–Kier alpha value is -3.40. The van der Waals surface area contributed by atoms with Gasteiger partial charge in [0.1, 0.15) is 0 Å². The molecule has 3 heterocycles. The Bertz CT molecular complexity index is 1100. The molecule has 0 radical (unpaired) electrons. The molecule has 10 heteroatoms. The van der Waals surface area contributed by atoms with Crippen LogP contribution in [0.15, 0.2) is 48.8 Å². The maximum Gasteiger partial charge on any atom is 0.418 e. The van der Waals surface area contributed by atoms with Gasteiger partial charge in [-0.3, -0.25) is 4.79 Å². The number of carbonyl (C=O) groups excluding carboxylic acids is 1. The van der Waals surface area contributed by atoms with Gasteiger partial charge < -0.3 is 15.1 Å². The van der Waals surface area contributed by atoms with Gasteiger partial charge in [0, 0.05) is 38.1 Å². The summed E-state index contributed by atoms with van der Waals surface area (Å²) >= 11 is 0. The van der Waals surface area contributed by atoms with E-state index >= 15 is 0 Å². The Balaban J connectivity index is 1.60. The molecule has 0 saturated carbocycles. The summed E-state index contributed by atoms with van der Waals surface area (Å²) in [5.41, 5.74) is -0.0271. The van der Waals surface area contributed by atoms with E-state index in [2.05, 4.69) is 20.3 Å². The zero-order chi connectivity index (χ0) is 22.9. The Labute approximate surface area is 183 Å². The number of amides is 1. The molecular formula is C22H23F3N6O. The van der Waals surface area contributed by atoms with Crippen molar-refractivity contribution in [1.29, 1.82) is 0 Å². The molecule has 0 aliphatic carbocycles. The summed E-state index contributed by atoms with van der Waals surface area (Å²) < 4.78 is 42.9. The number of nitrogens with one attached hydrogen (secondary N) is 1. The molecule has 1 fully saturated rings. The molecule has 0 atom stereocenters. The second-order valence-corrected chi connectivity index (χ2v) is 7.72. The lowest BCUT2D eigenvalue weighted by atomic mass is 10.1.